The third kappa shape index (κ3) is 4.63. The number of hydrogen-bond donors (Lipinski definition) is 1. The van der Waals surface area contributed by atoms with Gasteiger partial charge in [-0.2, -0.15) is 4.31 Å². The Kier molecular flexibility index (Phi) is 6.11. The van der Waals surface area contributed by atoms with Gasteiger partial charge < -0.3 is 5.32 Å². The number of sulfonamides is 1. The van der Waals surface area contributed by atoms with E-state index in [0.717, 1.165) is 5.56 Å². The number of halogens is 2. The predicted octanol–water partition coefficient (Wildman–Crippen LogP) is 4.34. The monoisotopic (exact) mass is 426 g/mol. The van der Waals surface area contributed by atoms with Crippen LogP contribution in [0.5, 0.6) is 0 Å². The molecule has 0 saturated carbocycles. The van der Waals surface area contributed by atoms with Crippen LogP contribution in [0.25, 0.3) is 0 Å². The molecule has 3 rings (SSSR count). The van der Waals surface area contributed by atoms with Gasteiger partial charge in [0.15, 0.2) is 0 Å². The van der Waals surface area contributed by atoms with Crippen molar-refractivity contribution in [3.63, 3.8) is 0 Å². The summed E-state index contributed by atoms with van der Waals surface area (Å²) < 4.78 is 27.0. The number of carbonyl (C=O) groups excluding carboxylic acids is 1. The number of anilines is 1. The first-order valence-electron chi connectivity index (χ1n) is 8.60. The van der Waals surface area contributed by atoms with Gasteiger partial charge in [0.25, 0.3) is 0 Å². The zero-order chi connectivity index (χ0) is 19.6. The summed E-state index contributed by atoms with van der Waals surface area (Å²) in [6, 6.07) is 11.4. The minimum absolute atomic E-state index is 0.149. The Morgan fingerprint density at radius 3 is 2.52 bits per heavy atom. The van der Waals surface area contributed by atoms with E-state index in [1.807, 2.05) is 13.0 Å². The summed E-state index contributed by atoms with van der Waals surface area (Å²) in [7, 11) is -3.66. The number of hydrogen-bond acceptors (Lipinski definition) is 3. The van der Waals surface area contributed by atoms with Gasteiger partial charge in [0.1, 0.15) is 0 Å². The van der Waals surface area contributed by atoms with E-state index in [2.05, 4.69) is 5.32 Å². The molecule has 0 radical (unpaired) electrons. The molecule has 0 bridgehead atoms. The van der Waals surface area contributed by atoms with Gasteiger partial charge in [0, 0.05) is 28.8 Å². The highest BCUT2D eigenvalue weighted by Crippen LogP contribution is 2.26. The minimum Gasteiger partial charge on any atom is -0.326 e. The van der Waals surface area contributed by atoms with Crippen LogP contribution < -0.4 is 5.32 Å². The van der Waals surface area contributed by atoms with Gasteiger partial charge in [-0.15, -0.1) is 0 Å². The normalized spacial score (nSPS) is 18.3. The molecule has 1 atom stereocenters. The lowest BCUT2D eigenvalue weighted by molar-refractivity contribution is -0.120. The standard InChI is InChI=1S/C19H20Cl2N2O3S/c1-13-4-7-16(11-18(13)21)22-19(24)14-3-2-10-23(12-14)27(25,26)17-8-5-15(20)6-9-17/h4-9,11,14H,2-3,10,12H2,1H3,(H,22,24)/t14-/m1/s1. The van der Waals surface area contributed by atoms with Crippen molar-refractivity contribution < 1.29 is 13.2 Å². The minimum atomic E-state index is -3.66. The van der Waals surface area contributed by atoms with E-state index < -0.39 is 15.9 Å². The average molecular weight is 427 g/mol. The number of benzene rings is 2. The molecule has 0 unspecified atom stereocenters. The molecule has 1 amide bonds. The van der Waals surface area contributed by atoms with Crippen LogP contribution in [-0.2, 0) is 14.8 Å². The molecule has 0 aromatic heterocycles. The molecule has 5 nitrogen and oxygen atoms in total. The molecule has 0 spiro atoms. The molecule has 27 heavy (non-hydrogen) atoms. The van der Waals surface area contributed by atoms with Crippen LogP contribution in [0, 0.1) is 12.8 Å². The second kappa shape index (κ2) is 8.19. The van der Waals surface area contributed by atoms with E-state index in [9.17, 15) is 13.2 Å². The van der Waals surface area contributed by atoms with Crippen molar-refractivity contribution in [2.45, 2.75) is 24.7 Å². The molecular weight excluding hydrogens is 407 g/mol. The maximum absolute atomic E-state index is 12.8. The molecule has 1 aliphatic heterocycles. The van der Waals surface area contributed by atoms with E-state index in [-0.39, 0.29) is 17.3 Å². The van der Waals surface area contributed by atoms with Crippen LogP contribution in [0.4, 0.5) is 5.69 Å². The molecule has 2 aromatic rings. The third-order valence-corrected chi connectivity index (χ3v) is 7.18. The number of nitrogens with zero attached hydrogens (tertiary/aromatic N) is 1. The van der Waals surface area contributed by atoms with Crippen molar-refractivity contribution in [2.75, 3.05) is 18.4 Å². The Labute approximate surface area is 169 Å². The third-order valence-electron chi connectivity index (χ3n) is 4.65. The van der Waals surface area contributed by atoms with Crippen molar-refractivity contribution in [1.82, 2.24) is 4.31 Å². The van der Waals surface area contributed by atoms with Gasteiger partial charge in [-0.25, -0.2) is 8.42 Å². The van der Waals surface area contributed by atoms with Crippen LogP contribution >= 0.6 is 23.2 Å². The van der Waals surface area contributed by atoms with Crippen molar-refractivity contribution >= 4 is 44.8 Å². The molecule has 144 valence electrons. The lowest BCUT2D eigenvalue weighted by atomic mass is 9.98. The van der Waals surface area contributed by atoms with Crippen molar-refractivity contribution in [1.29, 1.82) is 0 Å². The highest BCUT2D eigenvalue weighted by atomic mass is 35.5. The maximum atomic E-state index is 12.8. The Balaban J connectivity index is 1.72. The van der Waals surface area contributed by atoms with E-state index in [0.29, 0.717) is 35.1 Å². The highest BCUT2D eigenvalue weighted by molar-refractivity contribution is 7.89. The fraction of sp³-hybridized carbons (Fsp3) is 0.316. The van der Waals surface area contributed by atoms with Crippen LogP contribution in [0.15, 0.2) is 47.4 Å². The summed E-state index contributed by atoms with van der Waals surface area (Å²) in [4.78, 5) is 12.8. The first-order valence-corrected chi connectivity index (χ1v) is 10.8. The summed E-state index contributed by atoms with van der Waals surface area (Å²) in [6.45, 7) is 2.43. The van der Waals surface area contributed by atoms with Gasteiger partial charge in [0.2, 0.25) is 15.9 Å². The first kappa shape index (κ1) is 20.1. The quantitative estimate of drug-likeness (QED) is 0.790. The van der Waals surface area contributed by atoms with Crippen molar-refractivity contribution in [2.24, 2.45) is 5.92 Å². The summed E-state index contributed by atoms with van der Waals surface area (Å²) >= 11 is 11.9. The second-order valence-corrected chi connectivity index (χ2v) is 9.39. The van der Waals surface area contributed by atoms with E-state index >= 15 is 0 Å². The number of amides is 1. The smallest absolute Gasteiger partial charge is 0.243 e. The molecule has 1 saturated heterocycles. The summed E-state index contributed by atoms with van der Waals surface area (Å²) in [5.41, 5.74) is 1.53. The Hall–Kier alpha value is -1.60. The fourth-order valence-electron chi connectivity index (χ4n) is 3.05. The lowest BCUT2D eigenvalue weighted by Crippen LogP contribution is -2.43. The number of carbonyl (C=O) groups is 1. The Bertz CT molecular complexity index is 946. The largest absolute Gasteiger partial charge is 0.326 e. The molecule has 1 N–H and O–H groups in total. The van der Waals surface area contributed by atoms with Crippen LogP contribution in [0.1, 0.15) is 18.4 Å². The first-order chi connectivity index (χ1) is 12.8. The van der Waals surface area contributed by atoms with Crippen LogP contribution in [0.3, 0.4) is 0 Å². The van der Waals surface area contributed by atoms with Crippen LogP contribution in [0.2, 0.25) is 10.0 Å². The number of nitrogens with one attached hydrogen (secondary N) is 1. The Morgan fingerprint density at radius 1 is 1.15 bits per heavy atom. The lowest BCUT2D eigenvalue weighted by Gasteiger charge is -2.31. The molecule has 2 aromatic carbocycles. The molecule has 8 heteroatoms. The zero-order valence-electron chi connectivity index (χ0n) is 14.8. The van der Waals surface area contributed by atoms with E-state index in [4.69, 9.17) is 23.2 Å². The summed E-state index contributed by atoms with van der Waals surface area (Å²) in [5, 5.41) is 3.88. The zero-order valence-corrected chi connectivity index (χ0v) is 17.1. The van der Waals surface area contributed by atoms with Crippen molar-refractivity contribution in [3.8, 4) is 0 Å². The summed E-state index contributed by atoms with van der Waals surface area (Å²) in [6.07, 6.45) is 1.26. The SMILES string of the molecule is Cc1ccc(NC(=O)[C@@H]2CCCN(S(=O)(=O)c3ccc(Cl)cc3)C2)cc1Cl. The second-order valence-electron chi connectivity index (χ2n) is 6.61. The van der Waals surface area contributed by atoms with Gasteiger partial charge >= 0.3 is 0 Å². The molecule has 1 fully saturated rings. The maximum Gasteiger partial charge on any atom is 0.243 e. The highest BCUT2D eigenvalue weighted by Gasteiger charge is 2.33. The topological polar surface area (TPSA) is 66.5 Å². The number of rotatable bonds is 4. The summed E-state index contributed by atoms with van der Waals surface area (Å²) in [5.74, 6) is -0.619. The Morgan fingerprint density at radius 2 is 1.85 bits per heavy atom. The van der Waals surface area contributed by atoms with Crippen LogP contribution in [-0.4, -0.2) is 31.7 Å². The number of aryl methyl sites for hydroxylation is 1. The van der Waals surface area contributed by atoms with Gasteiger partial charge in [-0.1, -0.05) is 29.3 Å². The molecule has 0 aliphatic carbocycles. The molecular formula is C19H20Cl2N2O3S. The van der Waals surface area contributed by atoms with E-state index in [1.165, 1.54) is 16.4 Å². The predicted molar refractivity (Wildman–Crippen MR) is 108 cm³/mol. The van der Waals surface area contributed by atoms with Gasteiger partial charge in [-0.05, 0) is 61.7 Å². The molecule has 1 heterocycles. The fourth-order valence-corrected chi connectivity index (χ4v) is 4.88. The van der Waals surface area contributed by atoms with Gasteiger partial charge in [0.05, 0.1) is 10.8 Å². The van der Waals surface area contributed by atoms with Gasteiger partial charge in [-0.3, -0.25) is 4.79 Å². The van der Waals surface area contributed by atoms with Crippen molar-refractivity contribution in [3.05, 3.63) is 58.1 Å². The molecule has 1 aliphatic rings. The van der Waals surface area contributed by atoms with E-state index in [1.54, 1.807) is 24.3 Å². The average Bonchev–Trinajstić information content (AvgIpc) is 2.65. The number of piperidine rings is 1.